The van der Waals surface area contributed by atoms with Gasteiger partial charge in [-0.2, -0.15) is 0 Å². The first-order chi connectivity index (χ1) is 11.3. The minimum atomic E-state index is -0.157. The van der Waals surface area contributed by atoms with Gasteiger partial charge in [0.1, 0.15) is 5.71 Å². The molecular formula is C17H17N3O2S. The number of nitrogens with zero attached hydrogens (tertiary/aromatic N) is 3. The fourth-order valence-corrected chi connectivity index (χ4v) is 3.10. The first-order valence-corrected chi connectivity index (χ1v) is 8.23. The summed E-state index contributed by atoms with van der Waals surface area (Å²) in [5.41, 5.74) is 1.63. The van der Waals surface area contributed by atoms with Crippen LogP contribution in [-0.2, 0) is 4.84 Å². The Morgan fingerprint density at radius 1 is 1.43 bits per heavy atom. The number of thiophene rings is 1. The van der Waals surface area contributed by atoms with Crippen LogP contribution in [0.3, 0.4) is 0 Å². The third-order valence-electron chi connectivity index (χ3n) is 3.49. The van der Waals surface area contributed by atoms with Crippen molar-refractivity contribution in [3.05, 3.63) is 65.1 Å². The summed E-state index contributed by atoms with van der Waals surface area (Å²) in [7, 11) is 0. The van der Waals surface area contributed by atoms with E-state index in [0.717, 1.165) is 16.3 Å². The molecule has 0 radical (unpaired) electrons. The molecule has 5 nitrogen and oxygen atoms in total. The zero-order valence-corrected chi connectivity index (χ0v) is 13.4. The van der Waals surface area contributed by atoms with E-state index in [9.17, 15) is 4.79 Å². The van der Waals surface area contributed by atoms with Gasteiger partial charge in [-0.1, -0.05) is 23.4 Å². The molecule has 1 aliphatic rings. The number of oxime groups is 1. The molecule has 0 aromatic carbocycles. The monoisotopic (exact) mass is 327 g/mol. The standard InChI is InChI=1S/C17H17N3O2S/c1-2-9-20(17(21)16-7-5-10-23-16)12-13-11-15(19-22-13)14-6-3-4-8-18-14/h2-8,10,13H,1,9,11-12H2. The van der Waals surface area contributed by atoms with Gasteiger partial charge in [-0.15, -0.1) is 17.9 Å². The molecule has 3 rings (SSSR count). The maximum atomic E-state index is 12.5. The Morgan fingerprint density at radius 2 is 2.35 bits per heavy atom. The van der Waals surface area contributed by atoms with Gasteiger partial charge in [0.2, 0.25) is 0 Å². The van der Waals surface area contributed by atoms with Crippen molar-refractivity contribution in [3.8, 4) is 0 Å². The molecule has 1 amide bonds. The molecule has 0 spiro atoms. The molecule has 0 fully saturated rings. The Balaban J connectivity index is 1.64. The molecule has 0 saturated heterocycles. The fraction of sp³-hybridized carbons (Fsp3) is 0.235. The summed E-state index contributed by atoms with van der Waals surface area (Å²) in [5.74, 6) is -0.00483. The van der Waals surface area contributed by atoms with E-state index >= 15 is 0 Å². The van der Waals surface area contributed by atoms with E-state index in [2.05, 4.69) is 16.7 Å². The summed E-state index contributed by atoms with van der Waals surface area (Å²) >= 11 is 1.44. The van der Waals surface area contributed by atoms with E-state index in [4.69, 9.17) is 4.84 Å². The zero-order chi connectivity index (χ0) is 16.1. The molecule has 6 heteroatoms. The van der Waals surface area contributed by atoms with Gasteiger partial charge in [-0.3, -0.25) is 9.78 Å². The molecule has 23 heavy (non-hydrogen) atoms. The molecule has 0 aliphatic carbocycles. The topological polar surface area (TPSA) is 54.8 Å². The number of rotatable bonds is 6. The van der Waals surface area contributed by atoms with Crippen molar-refractivity contribution in [3.63, 3.8) is 0 Å². The highest BCUT2D eigenvalue weighted by Gasteiger charge is 2.27. The van der Waals surface area contributed by atoms with Crippen LogP contribution < -0.4 is 0 Å². The van der Waals surface area contributed by atoms with Crippen molar-refractivity contribution >= 4 is 23.0 Å². The minimum Gasteiger partial charge on any atom is -0.390 e. The van der Waals surface area contributed by atoms with Crippen LogP contribution >= 0.6 is 11.3 Å². The summed E-state index contributed by atoms with van der Waals surface area (Å²) in [6, 6.07) is 9.39. The van der Waals surface area contributed by atoms with Crippen molar-refractivity contribution in [1.82, 2.24) is 9.88 Å². The highest BCUT2D eigenvalue weighted by atomic mass is 32.1. The van der Waals surface area contributed by atoms with Crippen LogP contribution in [0.5, 0.6) is 0 Å². The van der Waals surface area contributed by atoms with Crippen molar-refractivity contribution in [2.24, 2.45) is 5.16 Å². The third-order valence-corrected chi connectivity index (χ3v) is 4.34. The predicted octanol–water partition coefficient (Wildman–Crippen LogP) is 2.96. The predicted molar refractivity (Wildman–Crippen MR) is 90.7 cm³/mol. The van der Waals surface area contributed by atoms with Crippen LogP contribution in [0.2, 0.25) is 0 Å². The van der Waals surface area contributed by atoms with E-state index in [-0.39, 0.29) is 12.0 Å². The molecule has 0 bridgehead atoms. The normalized spacial score (nSPS) is 16.5. The maximum Gasteiger partial charge on any atom is 0.264 e. The van der Waals surface area contributed by atoms with Gasteiger partial charge in [-0.25, -0.2) is 0 Å². The Hall–Kier alpha value is -2.47. The van der Waals surface area contributed by atoms with Crippen molar-refractivity contribution in [2.45, 2.75) is 12.5 Å². The lowest BCUT2D eigenvalue weighted by Gasteiger charge is -2.22. The van der Waals surface area contributed by atoms with Gasteiger partial charge in [0.25, 0.3) is 5.91 Å². The average Bonchev–Trinajstić information content (AvgIpc) is 3.26. The molecule has 0 saturated carbocycles. The molecular weight excluding hydrogens is 310 g/mol. The Labute approximate surface area is 138 Å². The maximum absolute atomic E-state index is 12.5. The smallest absolute Gasteiger partial charge is 0.264 e. The lowest BCUT2D eigenvalue weighted by atomic mass is 10.1. The second-order valence-corrected chi connectivity index (χ2v) is 6.11. The number of carbonyl (C=O) groups is 1. The highest BCUT2D eigenvalue weighted by Crippen LogP contribution is 2.18. The number of aromatic nitrogens is 1. The number of hydrogen-bond donors (Lipinski definition) is 0. The van der Waals surface area contributed by atoms with Crippen LogP contribution in [-0.4, -0.2) is 40.7 Å². The first-order valence-electron chi connectivity index (χ1n) is 7.35. The second kappa shape index (κ2) is 7.19. The zero-order valence-electron chi connectivity index (χ0n) is 12.6. The Kier molecular flexibility index (Phi) is 4.83. The average molecular weight is 327 g/mol. The van der Waals surface area contributed by atoms with Crippen molar-refractivity contribution < 1.29 is 9.63 Å². The summed E-state index contributed by atoms with van der Waals surface area (Å²) in [6.07, 6.45) is 3.94. The molecule has 1 unspecified atom stereocenters. The summed E-state index contributed by atoms with van der Waals surface area (Å²) in [4.78, 5) is 24.7. The summed E-state index contributed by atoms with van der Waals surface area (Å²) in [6.45, 7) is 4.69. The van der Waals surface area contributed by atoms with Crippen molar-refractivity contribution in [1.29, 1.82) is 0 Å². The van der Waals surface area contributed by atoms with Gasteiger partial charge in [0, 0.05) is 19.2 Å². The van der Waals surface area contributed by atoms with Crippen LogP contribution in [0.1, 0.15) is 21.8 Å². The van der Waals surface area contributed by atoms with Gasteiger partial charge in [0.15, 0.2) is 6.10 Å². The molecule has 2 aromatic heterocycles. The SMILES string of the molecule is C=CCN(CC1CC(c2ccccn2)=NO1)C(=O)c1cccs1. The lowest BCUT2D eigenvalue weighted by molar-refractivity contribution is 0.0452. The molecule has 118 valence electrons. The van der Waals surface area contributed by atoms with Crippen molar-refractivity contribution in [2.75, 3.05) is 13.1 Å². The van der Waals surface area contributed by atoms with Crippen LogP contribution in [0.25, 0.3) is 0 Å². The van der Waals surface area contributed by atoms with E-state index in [1.165, 1.54) is 11.3 Å². The van der Waals surface area contributed by atoms with Gasteiger partial charge < -0.3 is 9.74 Å². The Morgan fingerprint density at radius 3 is 3.04 bits per heavy atom. The Bertz CT molecular complexity index is 698. The van der Waals surface area contributed by atoms with E-state index in [1.807, 2.05) is 35.7 Å². The molecule has 1 aliphatic heterocycles. The fourth-order valence-electron chi connectivity index (χ4n) is 2.41. The van der Waals surface area contributed by atoms with E-state index in [0.29, 0.717) is 19.5 Å². The molecule has 1 atom stereocenters. The van der Waals surface area contributed by atoms with E-state index < -0.39 is 0 Å². The minimum absolute atomic E-state index is 0.00483. The van der Waals surface area contributed by atoms with Crippen LogP contribution in [0.4, 0.5) is 0 Å². The summed E-state index contributed by atoms with van der Waals surface area (Å²) in [5, 5.41) is 6.01. The molecule has 3 heterocycles. The first kappa shape index (κ1) is 15.4. The highest BCUT2D eigenvalue weighted by molar-refractivity contribution is 7.12. The quantitative estimate of drug-likeness (QED) is 0.767. The van der Waals surface area contributed by atoms with E-state index in [1.54, 1.807) is 17.2 Å². The largest absolute Gasteiger partial charge is 0.390 e. The molecule has 0 N–H and O–H groups in total. The van der Waals surface area contributed by atoms with Gasteiger partial charge in [0.05, 0.1) is 17.1 Å². The second-order valence-electron chi connectivity index (χ2n) is 5.16. The number of amides is 1. The molecule has 2 aromatic rings. The lowest BCUT2D eigenvalue weighted by Crippen LogP contribution is -2.37. The van der Waals surface area contributed by atoms with Gasteiger partial charge in [-0.05, 0) is 23.6 Å². The third kappa shape index (κ3) is 3.65. The van der Waals surface area contributed by atoms with Gasteiger partial charge >= 0.3 is 0 Å². The van der Waals surface area contributed by atoms with Crippen LogP contribution in [0, 0.1) is 0 Å². The van der Waals surface area contributed by atoms with Crippen LogP contribution in [0.15, 0.2) is 59.7 Å². The number of pyridine rings is 1. The summed E-state index contributed by atoms with van der Waals surface area (Å²) < 4.78 is 0. The number of hydrogen-bond acceptors (Lipinski definition) is 5. The number of carbonyl (C=O) groups excluding carboxylic acids is 1.